The van der Waals surface area contributed by atoms with Gasteiger partial charge in [-0.25, -0.2) is 0 Å². The number of nitriles is 1. The zero-order valence-electron chi connectivity index (χ0n) is 7.11. The molecule has 6 N–H and O–H groups in total. The van der Waals surface area contributed by atoms with Crippen molar-refractivity contribution in [2.75, 3.05) is 17.2 Å². The number of aromatic nitrogens is 1. The van der Waals surface area contributed by atoms with Crippen LogP contribution in [0.1, 0.15) is 4.44 Å². The SMILES string of the molecule is N#Cc1[se]c2nc(N)cc(N)c2c1N. The first-order valence-electron chi connectivity index (χ1n) is 3.77. The summed E-state index contributed by atoms with van der Waals surface area (Å²) in [6, 6.07) is 3.61. The molecule has 2 rings (SSSR count). The maximum atomic E-state index is 8.80. The molecule has 0 saturated heterocycles. The summed E-state index contributed by atoms with van der Waals surface area (Å²) >= 11 is -0.155. The third kappa shape index (κ3) is 1.11. The van der Waals surface area contributed by atoms with Crippen molar-refractivity contribution in [2.24, 2.45) is 0 Å². The van der Waals surface area contributed by atoms with Gasteiger partial charge in [-0.2, -0.15) is 0 Å². The van der Waals surface area contributed by atoms with Crippen molar-refractivity contribution >= 4 is 41.5 Å². The zero-order valence-corrected chi connectivity index (χ0v) is 8.83. The Labute approximate surface area is 85.9 Å². The Morgan fingerprint density at radius 2 is 2.07 bits per heavy atom. The molecule has 0 aliphatic carbocycles. The summed E-state index contributed by atoms with van der Waals surface area (Å²) in [6.07, 6.45) is 0. The summed E-state index contributed by atoms with van der Waals surface area (Å²) in [7, 11) is 0. The van der Waals surface area contributed by atoms with Crippen molar-refractivity contribution in [3.63, 3.8) is 0 Å². The molecule has 0 aromatic carbocycles. The van der Waals surface area contributed by atoms with Crippen molar-refractivity contribution in [1.82, 2.24) is 4.98 Å². The summed E-state index contributed by atoms with van der Waals surface area (Å²) in [5, 5.41) is 9.49. The summed E-state index contributed by atoms with van der Waals surface area (Å²) in [6.45, 7) is 0. The molecule has 0 spiro atoms. The number of anilines is 3. The van der Waals surface area contributed by atoms with E-state index >= 15 is 0 Å². The summed E-state index contributed by atoms with van der Waals surface area (Å²) in [5.41, 5.74) is 18.0. The van der Waals surface area contributed by atoms with Gasteiger partial charge in [-0.05, 0) is 0 Å². The molecule has 0 atom stereocenters. The number of nitrogens with two attached hydrogens (primary N) is 3. The minimum absolute atomic E-state index is 0.155. The van der Waals surface area contributed by atoms with Gasteiger partial charge in [0.05, 0.1) is 0 Å². The molecule has 0 aliphatic rings. The van der Waals surface area contributed by atoms with Crippen LogP contribution in [0.15, 0.2) is 6.07 Å². The van der Waals surface area contributed by atoms with E-state index in [-0.39, 0.29) is 14.5 Å². The van der Waals surface area contributed by atoms with E-state index in [4.69, 9.17) is 22.5 Å². The van der Waals surface area contributed by atoms with Crippen molar-refractivity contribution in [3.05, 3.63) is 10.5 Å². The Morgan fingerprint density at radius 3 is 2.71 bits per heavy atom. The van der Waals surface area contributed by atoms with E-state index in [9.17, 15) is 0 Å². The molecule has 14 heavy (non-hydrogen) atoms. The number of rotatable bonds is 0. The van der Waals surface area contributed by atoms with Crippen molar-refractivity contribution < 1.29 is 0 Å². The van der Waals surface area contributed by atoms with Crippen LogP contribution >= 0.6 is 0 Å². The quantitative estimate of drug-likeness (QED) is 0.567. The number of fused-ring (bicyclic) bond motifs is 1. The van der Waals surface area contributed by atoms with Crippen LogP contribution in [-0.4, -0.2) is 19.5 Å². The van der Waals surface area contributed by atoms with Crippen molar-refractivity contribution in [3.8, 4) is 6.07 Å². The predicted octanol–water partition coefficient (Wildman–Crippen LogP) is -0.0899. The number of nitrogen functional groups attached to an aromatic ring is 3. The zero-order chi connectivity index (χ0) is 10.3. The average molecular weight is 252 g/mol. The van der Waals surface area contributed by atoms with Crippen LogP contribution in [0.3, 0.4) is 0 Å². The van der Waals surface area contributed by atoms with E-state index in [0.717, 1.165) is 4.39 Å². The first-order chi connectivity index (χ1) is 6.63. The molecule has 0 radical (unpaired) electrons. The van der Waals surface area contributed by atoms with Crippen LogP contribution in [0.25, 0.3) is 9.78 Å². The number of nitrogens with zero attached hydrogens (tertiary/aromatic N) is 2. The fraction of sp³-hybridized carbons (Fsp3) is 0. The van der Waals surface area contributed by atoms with Crippen LogP contribution in [0.5, 0.6) is 0 Å². The molecule has 0 fully saturated rings. The van der Waals surface area contributed by atoms with Gasteiger partial charge in [0.1, 0.15) is 0 Å². The molecule has 2 aromatic heterocycles. The third-order valence-corrected chi connectivity index (χ3v) is 3.96. The standard InChI is InChI=1S/C8H7N5Se/c9-2-4-7(12)6-3(10)1-5(11)13-8(6)14-4/h1H,12H2,(H4,10,11,13). The molecular weight excluding hydrogens is 245 g/mol. The molecule has 0 unspecified atom stereocenters. The Hall–Kier alpha value is -1.70. The fourth-order valence-electron chi connectivity index (χ4n) is 1.25. The molecule has 5 nitrogen and oxygen atoms in total. The molecule has 2 heterocycles. The summed E-state index contributed by atoms with van der Waals surface area (Å²) in [4.78, 5) is 4.12. The first kappa shape index (κ1) is 8.88. The molecule has 0 saturated carbocycles. The van der Waals surface area contributed by atoms with Crippen LogP contribution in [0, 0.1) is 11.3 Å². The fourth-order valence-corrected chi connectivity index (χ4v) is 3.21. The Morgan fingerprint density at radius 1 is 1.36 bits per heavy atom. The molecule has 0 aliphatic heterocycles. The van der Waals surface area contributed by atoms with Gasteiger partial charge in [0.2, 0.25) is 0 Å². The third-order valence-electron chi connectivity index (χ3n) is 1.85. The molecule has 70 valence electrons. The van der Waals surface area contributed by atoms with E-state index in [1.165, 1.54) is 0 Å². The first-order valence-corrected chi connectivity index (χ1v) is 5.49. The number of hydrogen-bond acceptors (Lipinski definition) is 5. The van der Waals surface area contributed by atoms with E-state index in [1.807, 2.05) is 0 Å². The molecule has 0 amide bonds. The summed E-state index contributed by atoms with van der Waals surface area (Å²) in [5.74, 6) is 0.370. The monoisotopic (exact) mass is 253 g/mol. The van der Waals surface area contributed by atoms with Gasteiger partial charge < -0.3 is 0 Å². The van der Waals surface area contributed by atoms with Crippen LogP contribution in [0.4, 0.5) is 17.2 Å². The van der Waals surface area contributed by atoms with Gasteiger partial charge >= 0.3 is 85.5 Å². The predicted molar refractivity (Wildman–Crippen MR) is 56.6 cm³/mol. The minimum atomic E-state index is -0.155. The molecule has 2 aromatic rings. The van der Waals surface area contributed by atoms with Crippen LogP contribution < -0.4 is 17.2 Å². The van der Waals surface area contributed by atoms with Gasteiger partial charge in [0.25, 0.3) is 0 Å². The van der Waals surface area contributed by atoms with Gasteiger partial charge in [0, 0.05) is 0 Å². The average Bonchev–Trinajstić information content (AvgIpc) is 2.42. The number of hydrogen-bond donors (Lipinski definition) is 3. The van der Waals surface area contributed by atoms with Crippen LogP contribution in [-0.2, 0) is 0 Å². The summed E-state index contributed by atoms with van der Waals surface area (Å²) < 4.78 is 1.32. The number of pyridine rings is 1. The Kier molecular flexibility index (Phi) is 1.84. The van der Waals surface area contributed by atoms with E-state index < -0.39 is 0 Å². The van der Waals surface area contributed by atoms with E-state index in [2.05, 4.69) is 11.1 Å². The topological polar surface area (TPSA) is 115 Å². The van der Waals surface area contributed by atoms with Crippen LogP contribution in [0.2, 0.25) is 0 Å². The molecule has 6 heteroatoms. The molecule has 0 bridgehead atoms. The molecular formula is C8H7N5Se. The second-order valence-corrected chi connectivity index (χ2v) is 4.87. The van der Waals surface area contributed by atoms with Crippen molar-refractivity contribution in [2.45, 2.75) is 0 Å². The normalized spacial score (nSPS) is 10.2. The van der Waals surface area contributed by atoms with Crippen molar-refractivity contribution in [1.29, 1.82) is 5.26 Å². The van der Waals surface area contributed by atoms with Gasteiger partial charge in [-0.15, -0.1) is 0 Å². The second kappa shape index (κ2) is 2.91. The Bertz CT molecular complexity index is 551. The van der Waals surface area contributed by atoms with Gasteiger partial charge in [-0.1, -0.05) is 0 Å². The Balaban J connectivity index is 2.94. The van der Waals surface area contributed by atoms with E-state index in [0.29, 0.717) is 27.0 Å². The second-order valence-electron chi connectivity index (χ2n) is 2.77. The maximum absolute atomic E-state index is 8.80. The van der Waals surface area contributed by atoms with Gasteiger partial charge in [-0.3, -0.25) is 0 Å². The van der Waals surface area contributed by atoms with E-state index in [1.54, 1.807) is 6.07 Å². The van der Waals surface area contributed by atoms with Gasteiger partial charge in [0.15, 0.2) is 0 Å².